The van der Waals surface area contributed by atoms with E-state index in [1.807, 2.05) is 0 Å². The van der Waals surface area contributed by atoms with Crippen LogP contribution in [-0.2, 0) is 13.1 Å². The van der Waals surface area contributed by atoms with E-state index in [0.29, 0.717) is 5.92 Å². The summed E-state index contributed by atoms with van der Waals surface area (Å²) in [6.07, 6.45) is 6.30. The number of aliphatic hydroxyl groups excluding tert-OH is 1. The van der Waals surface area contributed by atoms with Crippen LogP contribution in [0.15, 0.2) is 24.3 Å². The number of β-amino-alcohol motifs (C(OH)–C–C–N with tert-alkyl or cyclic N) is 1. The summed E-state index contributed by atoms with van der Waals surface area (Å²) >= 11 is 0. The molecule has 0 spiro atoms. The Bertz CT molecular complexity index is 373. The van der Waals surface area contributed by atoms with Crippen molar-refractivity contribution in [1.29, 1.82) is 0 Å². The lowest BCUT2D eigenvalue weighted by molar-refractivity contribution is 0.0466. The molecule has 0 bridgehead atoms. The zero-order chi connectivity index (χ0) is 12.4. The third-order valence-corrected chi connectivity index (χ3v) is 4.55. The molecule has 0 saturated heterocycles. The fourth-order valence-electron chi connectivity index (χ4n) is 3.47. The molecular weight excluding hydrogens is 222 g/mol. The maximum Gasteiger partial charge on any atom is 0.0695 e. The molecule has 2 aliphatic rings. The van der Waals surface area contributed by atoms with Crippen molar-refractivity contribution in [2.24, 2.45) is 5.92 Å². The Morgan fingerprint density at radius 2 is 1.67 bits per heavy atom. The number of aliphatic hydroxyl groups is 1. The number of fused-ring (bicyclic) bond motifs is 1. The first kappa shape index (κ1) is 12.2. The number of nitrogens with zero attached hydrogens (tertiary/aromatic N) is 1. The van der Waals surface area contributed by atoms with Gasteiger partial charge in [0, 0.05) is 19.6 Å². The molecule has 1 aliphatic carbocycles. The molecule has 1 aromatic carbocycles. The van der Waals surface area contributed by atoms with Crippen molar-refractivity contribution in [1.82, 2.24) is 4.90 Å². The highest BCUT2D eigenvalue weighted by molar-refractivity contribution is 5.30. The molecule has 1 N–H and O–H groups in total. The molecule has 1 atom stereocenters. The quantitative estimate of drug-likeness (QED) is 0.885. The summed E-state index contributed by atoms with van der Waals surface area (Å²) in [5.74, 6) is 0.544. The van der Waals surface area contributed by atoms with E-state index < -0.39 is 0 Å². The molecule has 1 unspecified atom stereocenters. The van der Waals surface area contributed by atoms with Crippen LogP contribution < -0.4 is 0 Å². The van der Waals surface area contributed by atoms with Gasteiger partial charge in [0.25, 0.3) is 0 Å². The summed E-state index contributed by atoms with van der Waals surface area (Å²) in [6, 6.07) is 8.64. The number of hydrogen-bond acceptors (Lipinski definition) is 2. The van der Waals surface area contributed by atoms with Gasteiger partial charge < -0.3 is 5.11 Å². The second-order valence-electron chi connectivity index (χ2n) is 5.90. The largest absolute Gasteiger partial charge is 0.392 e. The maximum atomic E-state index is 10.4. The minimum atomic E-state index is -0.125. The first-order valence-corrected chi connectivity index (χ1v) is 7.30. The first-order valence-electron chi connectivity index (χ1n) is 7.30. The first-order chi connectivity index (χ1) is 8.83. The van der Waals surface area contributed by atoms with E-state index in [9.17, 15) is 5.11 Å². The monoisotopic (exact) mass is 245 g/mol. The zero-order valence-electron chi connectivity index (χ0n) is 11.0. The van der Waals surface area contributed by atoms with E-state index in [1.165, 1.54) is 43.2 Å². The van der Waals surface area contributed by atoms with Gasteiger partial charge in [0.1, 0.15) is 0 Å². The van der Waals surface area contributed by atoms with E-state index in [2.05, 4.69) is 29.2 Å². The molecule has 98 valence electrons. The minimum Gasteiger partial charge on any atom is -0.392 e. The third kappa shape index (κ3) is 2.60. The second-order valence-corrected chi connectivity index (χ2v) is 5.90. The van der Waals surface area contributed by atoms with Gasteiger partial charge in [0.2, 0.25) is 0 Å². The van der Waals surface area contributed by atoms with E-state index in [0.717, 1.165) is 19.6 Å². The molecule has 1 heterocycles. The third-order valence-electron chi connectivity index (χ3n) is 4.55. The van der Waals surface area contributed by atoms with Gasteiger partial charge in [-0.2, -0.15) is 0 Å². The lowest BCUT2D eigenvalue weighted by Crippen LogP contribution is -2.34. The normalized spacial score (nSPS) is 22.9. The van der Waals surface area contributed by atoms with Crippen LogP contribution in [0.1, 0.15) is 43.2 Å². The van der Waals surface area contributed by atoms with Crippen molar-refractivity contribution < 1.29 is 5.11 Å². The molecule has 0 radical (unpaired) electrons. The molecule has 1 fully saturated rings. The van der Waals surface area contributed by atoms with E-state index in [-0.39, 0.29) is 6.10 Å². The summed E-state index contributed by atoms with van der Waals surface area (Å²) in [5, 5.41) is 10.4. The Balaban J connectivity index is 1.55. The van der Waals surface area contributed by atoms with Crippen molar-refractivity contribution in [3.05, 3.63) is 35.4 Å². The van der Waals surface area contributed by atoms with E-state index in [1.54, 1.807) is 0 Å². The molecule has 0 aromatic heterocycles. The van der Waals surface area contributed by atoms with Gasteiger partial charge in [-0.05, 0) is 29.9 Å². The van der Waals surface area contributed by atoms with E-state index >= 15 is 0 Å². The summed E-state index contributed by atoms with van der Waals surface area (Å²) in [6.45, 7) is 2.87. The van der Waals surface area contributed by atoms with Gasteiger partial charge in [-0.15, -0.1) is 0 Å². The van der Waals surface area contributed by atoms with Crippen molar-refractivity contribution in [3.63, 3.8) is 0 Å². The summed E-state index contributed by atoms with van der Waals surface area (Å²) < 4.78 is 0. The zero-order valence-corrected chi connectivity index (χ0v) is 11.0. The Morgan fingerprint density at radius 3 is 2.28 bits per heavy atom. The maximum absolute atomic E-state index is 10.4. The van der Waals surface area contributed by atoms with Crippen LogP contribution in [0.25, 0.3) is 0 Å². The molecule has 2 nitrogen and oxygen atoms in total. The predicted molar refractivity (Wildman–Crippen MR) is 73.1 cm³/mol. The van der Waals surface area contributed by atoms with Crippen LogP contribution in [0.5, 0.6) is 0 Å². The smallest absolute Gasteiger partial charge is 0.0695 e. The van der Waals surface area contributed by atoms with Crippen LogP contribution >= 0.6 is 0 Å². The number of rotatable bonds is 3. The van der Waals surface area contributed by atoms with Crippen LogP contribution in [0, 0.1) is 5.92 Å². The number of hydrogen-bond donors (Lipinski definition) is 1. The summed E-state index contributed by atoms with van der Waals surface area (Å²) in [5.41, 5.74) is 2.88. The van der Waals surface area contributed by atoms with Gasteiger partial charge in [0.15, 0.2) is 0 Å². The predicted octanol–water partition coefficient (Wildman–Crippen LogP) is 2.94. The molecule has 1 saturated carbocycles. The van der Waals surface area contributed by atoms with Crippen molar-refractivity contribution in [2.75, 3.05) is 6.54 Å². The molecule has 0 amide bonds. The molecular formula is C16H23NO. The average molecular weight is 245 g/mol. The minimum absolute atomic E-state index is 0.125. The SMILES string of the molecule is OC(CN1Cc2ccccc2C1)C1CCCCC1. The molecule has 1 aromatic rings. The highest BCUT2D eigenvalue weighted by Gasteiger charge is 2.26. The lowest BCUT2D eigenvalue weighted by atomic mass is 9.85. The van der Waals surface area contributed by atoms with Crippen LogP contribution in [0.2, 0.25) is 0 Å². The Hall–Kier alpha value is -0.860. The van der Waals surface area contributed by atoms with Crippen molar-refractivity contribution in [3.8, 4) is 0 Å². The topological polar surface area (TPSA) is 23.5 Å². The fraction of sp³-hybridized carbons (Fsp3) is 0.625. The standard InChI is InChI=1S/C16H23NO/c18-16(13-6-2-1-3-7-13)12-17-10-14-8-4-5-9-15(14)11-17/h4-5,8-9,13,16,18H,1-3,6-7,10-12H2. The van der Waals surface area contributed by atoms with Crippen LogP contribution in [0.4, 0.5) is 0 Å². The molecule has 3 rings (SSSR count). The Kier molecular flexibility index (Phi) is 3.67. The number of benzene rings is 1. The Morgan fingerprint density at radius 1 is 1.06 bits per heavy atom. The molecule has 18 heavy (non-hydrogen) atoms. The van der Waals surface area contributed by atoms with E-state index in [4.69, 9.17) is 0 Å². The average Bonchev–Trinajstić information content (AvgIpc) is 2.82. The summed E-state index contributed by atoms with van der Waals surface area (Å²) in [7, 11) is 0. The lowest BCUT2D eigenvalue weighted by Gasteiger charge is -2.29. The molecule has 1 aliphatic heterocycles. The van der Waals surface area contributed by atoms with Gasteiger partial charge in [-0.3, -0.25) is 4.90 Å². The molecule has 2 heteroatoms. The highest BCUT2D eigenvalue weighted by atomic mass is 16.3. The van der Waals surface area contributed by atoms with Gasteiger partial charge in [-0.25, -0.2) is 0 Å². The fourth-order valence-corrected chi connectivity index (χ4v) is 3.47. The Labute approximate surface area is 110 Å². The van der Waals surface area contributed by atoms with Crippen LogP contribution in [0.3, 0.4) is 0 Å². The second kappa shape index (κ2) is 5.41. The summed E-state index contributed by atoms with van der Waals surface area (Å²) in [4.78, 5) is 2.39. The van der Waals surface area contributed by atoms with Crippen molar-refractivity contribution in [2.45, 2.75) is 51.3 Å². The highest BCUT2D eigenvalue weighted by Crippen LogP contribution is 2.29. The van der Waals surface area contributed by atoms with Gasteiger partial charge in [0.05, 0.1) is 6.10 Å². The van der Waals surface area contributed by atoms with Crippen molar-refractivity contribution >= 4 is 0 Å². The van der Waals surface area contributed by atoms with Crippen LogP contribution in [-0.4, -0.2) is 22.7 Å². The van der Waals surface area contributed by atoms with Gasteiger partial charge >= 0.3 is 0 Å². The van der Waals surface area contributed by atoms with Gasteiger partial charge in [-0.1, -0.05) is 43.5 Å².